The number of ether oxygens (including phenoxy) is 1. The zero-order valence-corrected chi connectivity index (χ0v) is 19.8. The quantitative estimate of drug-likeness (QED) is 0.258. The number of nitrogens with zero attached hydrogens (tertiary/aromatic N) is 1. The van der Waals surface area contributed by atoms with E-state index in [-0.39, 0.29) is 5.82 Å². The van der Waals surface area contributed by atoms with Gasteiger partial charge in [0, 0.05) is 35.0 Å². The van der Waals surface area contributed by atoms with E-state index >= 15 is 0 Å². The molecule has 0 amide bonds. The van der Waals surface area contributed by atoms with Gasteiger partial charge in [-0.05, 0) is 62.7 Å². The minimum Gasteiger partial charge on any atom is -0.383 e. The minimum absolute atomic E-state index is 0.262. The number of H-pyrrole nitrogens is 1. The number of rotatable bonds is 9. The molecule has 0 aliphatic heterocycles. The molecule has 0 saturated carbocycles. The number of benzene rings is 3. The SMILES string of the molecule is CCOCC=Cc1ccc(-c2nc(-c3ccc(NC(C)C)cc3)c(-c3ccc(F)cc3)[nH]2)cc1. The van der Waals surface area contributed by atoms with E-state index in [2.05, 4.69) is 60.5 Å². The number of hydrogen-bond acceptors (Lipinski definition) is 3. The van der Waals surface area contributed by atoms with Crippen molar-refractivity contribution in [2.24, 2.45) is 0 Å². The van der Waals surface area contributed by atoms with Crippen LogP contribution in [0.1, 0.15) is 26.3 Å². The molecule has 4 rings (SSSR count). The lowest BCUT2D eigenvalue weighted by molar-refractivity contribution is 0.178. The standard InChI is InChI=1S/C29H30FN3O/c1-4-34-19-5-6-21-7-9-24(10-8-21)29-32-27(22-11-15-25(30)16-12-22)28(33-29)23-13-17-26(18-14-23)31-20(2)3/h5-18,20,31H,4,19H2,1-3H3,(H,32,33). The van der Waals surface area contributed by atoms with E-state index in [1.54, 1.807) is 12.1 Å². The van der Waals surface area contributed by atoms with Crippen molar-refractivity contribution in [1.29, 1.82) is 0 Å². The van der Waals surface area contributed by atoms with Crippen molar-refractivity contribution in [3.05, 3.63) is 90.3 Å². The third kappa shape index (κ3) is 5.80. The van der Waals surface area contributed by atoms with Crippen LogP contribution in [-0.2, 0) is 4.74 Å². The second kappa shape index (κ2) is 10.9. The number of nitrogens with one attached hydrogen (secondary N) is 2. The monoisotopic (exact) mass is 455 g/mol. The fourth-order valence-corrected chi connectivity index (χ4v) is 3.72. The number of aromatic amines is 1. The molecule has 0 atom stereocenters. The van der Waals surface area contributed by atoms with E-state index in [0.717, 1.165) is 45.2 Å². The Morgan fingerprint density at radius 3 is 2.21 bits per heavy atom. The first-order valence-electron chi connectivity index (χ1n) is 11.6. The van der Waals surface area contributed by atoms with Crippen LogP contribution in [0.15, 0.2) is 78.9 Å². The molecule has 0 spiro atoms. The van der Waals surface area contributed by atoms with Gasteiger partial charge in [0.25, 0.3) is 0 Å². The molecule has 5 heteroatoms. The van der Waals surface area contributed by atoms with Crippen LogP contribution in [0.3, 0.4) is 0 Å². The fraction of sp³-hybridized carbons (Fsp3) is 0.207. The average Bonchev–Trinajstić information content (AvgIpc) is 3.28. The van der Waals surface area contributed by atoms with Crippen LogP contribution in [0.4, 0.5) is 10.1 Å². The van der Waals surface area contributed by atoms with Gasteiger partial charge in [-0.25, -0.2) is 9.37 Å². The smallest absolute Gasteiger partial charge is 0.138 e. The second-order valence-electron chi connectivity index (χ2n) is 8.38. The lowest BCUT2D eigenvalue weighted by Crippen LogP contribution is -2.09. The summed E-state index contributed by atoms with van der Waals surface area (Å²) in [6.07, 6.45) is 4.05. The van der Waals surface area contributed by atoms with Crippen molar-refractivity contribution in [3.63, 3.8) is 0 Å². The highest BCUT2D eigenvalue weighted by Gasteiger charge is 2.15. The molecule has 0 aliphatic rings. The Kier molecular flexibility index (Phi) is 7.55. The van der Waals surface area contributed by atoms with Gasteiger partial charge in [-0.15, -0.1) is 0 Å². The zero-order valence-electron chi connectivity index (χ0n) is 19.8. The third-order valence-electron chi connectivity index (χ3n) is 5.36. The van der Waals surface area contributed by atoms with Crippen LogP contribution in [0.25, 0.3) is 40.0 Å². The van der Waals surface area contributed by atoms with Crippen LogP contribution in [0, 0.1) is 5.82 Å². The van der Waals surface area contributed by atoms with Gasteiger partial charge in [-0.3, -0.25) is 0 Å². The highest BCUT2D eigenvalue weighted by Crippen LogP contribution is 2.34. The Balaban J connectivity index is 1.68. The molecule has 34 heavy (non-hydrogen) atoms. The molecular formula is C29H30FN3O. The van der Waals surface area contributed by atoms with Crippen molar-refractivity contribution < 1.29 is 9.13 Å². The summed E-state index contributed by atoms with van der Waals surface area (Å²) in [6.45, 7) is 7.52. The summed E-state index contributed by atoms with van der Waals surface area (Å²) in [4.78, 5) is 8.42. The van der Waals surface area contributed by atoms with Crippen LogP contribution in [0.5, 0.6) is 0 Å². The summed E-state index contributed by atoms with van der Waals surface area (Å²) in [5, 5.41) is 3.41. The molecule has 0 bridgehead atoms. The minimum atomic E-state index is -0.262. The van der Waals surface area contributed by atoms with E-state index in [4.69, 9.17) is 9.72 Å². The fourth-order valence-electron chi connectivity index (χ4n) is 3.72. The number of anilines is 1. The molecule has 2 N–H and O–H groups in total. The van der Waals surface area contributed by atoms with Crippen LogP contribution in [-0.4, -0.2) is 29.2 Å². The molecule has 0 fully saturated rings. The Hall–Kier alpha value is -3.70. The van der Waals surface area contributed by atoms with Crippen molar-refractivity contribution in [2.45, 2.75) is 26.8 Å². The van der Waals surface area contributed by atoms with Crippen molar-refractivity contribution in [1.82, 2.24) is 9.97 Å². The summed E-state index contributed by atoms with van der Waals surface area (Å²) in [5.74, 6) is 0.505. The Bertz CT molecular complexity index is 1220. The predicted octanol–water partition coefficient (Wildman–Crippen LogP) is 7.42. The molecule has 1 heterocycles. The Morgan fingerprint density at radius 1 is 0.912 bits per heavy atom. The highest BCUT2D eigenvalue weighted by atomic mass is 19.1. The normalized spacial score (nSPS) is 11.4. The molecule has 4 aromatic rings. The maximum atomic E-state index is 13.6. The first-order chi connectivity index (χ1) is 16.5. The summed E-state index contributed by atoms with van der Waals surface area (Å²) in [6, 6.07) is 23.3. The molecule has 1 aromatic heterocycles. The molecule has 4 nitrogen and oxygen atoms in total. The van der Waals surface area contributed by atoms with E-state index in [0.29, 0.717) is 19.3 Å². The van der Waals surface area contributed by atoms with Crippen molar-refractivity contribution >= 4 is 11.8 Å². The van der Waals surface area contributed by atoms with Gasteiger partial charge in [-0.1, -0.05) is 48.6 Å². The van der Waals surface area contributed by atoms with Crippen LogP contribution >= 0.6 is 0 Å². The van der Waals surface area contributed by atoms with Gasteiger partial charge in [0.15, 0.2) is 0 Å². The zero-order chi connectivity index (χ0) is 23.9. The van der Waals surface area contributed by atoms with Gasteiger partial charge in [0.2, 0.25) is 0 Å². The van der Waals surface area contributed by atoms with Crippen LogP contribution in [0.2, 0.25) is 0 Å². The average molecular weight is 456 g/mol. The molecule has 174 valence electrons. The third-order valence-corrected chi connectivity index (χ3v) is 5.36. The highest BCUT2D eigenvalue weighted by molar-refractivity contribution is 5.82. The largest absolute Gasteiger partial charge is 0.383 e. The number of aromatic nitrogens is 2. The van der Waals surface area contributed by atoms with Gasteiger partial charge in [0.05, 0.1) is 18.0 Å². The van der Waals surface area contributed by atoms with E-state index < -0.39 is 0 Å². The van der Waals surface area contributed by atoms with Crippen molar-refractivity contribution in [2.75, 3.05) is 18.5 Å². The number of halogens is 1. The van der Waals surface area contributed by atoms with Crippen molar-refractivity contribution in [3.8, 4) is 33.9 Å². The molecule has 3 aromatic carbocycles. The van der Waals surface area contributed by atoms with E-state index in [1.807, 2.05) is 31.2 Å². The van der Waals surface area contributed by atoms with E-state index in [1.165, 1.54) is 12.1 Å². The first-order valence-corrected chi connectivity index (χ1v) is 11.6. The Labute approximate surface area is 200 Å². The van der Waals surface area contributed by atoms with Gasteiger partial charge in [-0.2, -0.15) is 0 Å². The molecule has 0 aliphatic carbocycles. The van der Waals surface area contributed by atoms with Gasteiger partial charge >= 0.3 is 0 Å². The maximum absolute atomic E-state index is 13.6. The molecular weight excluding hydrogens is 425 g/mol. The predicted molar refractivity (Wildman–Crippen MR) is 139 cm³/mol. The number of imidazole rings is 1. The lowest BCUT2D eigenvalue weighted by Gasteiger charge is -2.10. The number of hydrogen-bond donors (Lipinski definition) is 2. The summed E-state index contributed by atoms with van der Waals surface area (Å²) in [5.41, 5.74) is 6.71. The van der Waals surface area contributed by atoms with Gasteiger partial charge in [0.1, 0.15) is 11.6 Å². The van der Waals surface area contributed by atoms with Crippen LogP contribution < -0.4 is 5.32 Å². The molecule has 0 unspecified atom stereocenters. The first kappa shape index (κ1) is 23.5. The summed E-state index contributed by atoms with van der Waals surface area (Å²) >= 11 is 0. The summed E-state index contributed by atoms with van der Waals surface area (Å²) in [7, 11) is 0. The summed E-state index contributed by atoms with van der Waals surface area (Å²) < 4.78 is 18.9. The topological polar surface area (TPSA) is 49.9 Å². The Morgan fingerprint density at radius 2 is 1.56 bits per heavy atom. The lowest BCUT2D eigenvalue weighted by atomic mass is 10.0. The van der Waals surface area contributed by atoms with Gasteiger partial charge < -0.3 is 15.0 Å². The second-order valence-corrected chi connectivity index (χ2v) is 8.38. The van der Waals surface area contributed by atoms with E-state index in [9.17, 15) is 4.39 Å². The molecule has 0 radical (unpaired) electrons. The maximum Gasteiger partial charge on any atom is 0.138 e. The molecule has 0 saturated heterocycles.